The van der Waals surface area contributed by atoms with E-state index in [2.05, 4.69) is 13.8 Å². The van der Waals surface area contributed by atoms with Gasteiger partial charge in [-0.25, -0.2) is 0 Å². The normalized spacial score (nSPS) is 9.05. The summed E-state index contributed by atoms with van der Waals surface area (Å²) in [5.41, 5.74) is 0. The van der Waals surface area contributed by atoms with E-state index in [1.165, 1.54) is 64.2 Å². The first-order valence-corrected chi connectivity index (χ1v) is 8.91. The molecule has 0 aliphatic heterocycles. The molecule has 0 fully saturated rings. The fourth-order valence-corrected chi connectivity index (χ4v) is 1.56. The molecule has 21 heavy (non-hydrogen) atoms. The van der Waals surface area contributed by atoms with E-state index < -0.39 is 10.4 Å². The van der Waals surface area contributed by atoms with Gasteiger partial charge in [0.1, 0.15) is 0 Å². The van der Waals surface area contributed by atoms with Crippen molar-refractivity contribution in [3.8, 4) is 0 Å². The van der Waals surface area contributed by atoms with Gasteiger partial charge in [-0.15, -0.1) is 0 Å². The molecule has 0 aliphatic carbocycles. The van der Waals surface area contributed by atoms with Crippen LogP contribution in [0, 0.1) is 0 Å². The van der Waals surface area contributed by atoms with E-state index in [0.29, 0.717) is 0 Å². The van der Waals surface area contributed by atoms with Crippen LogP contribution >= 0.6 is 0 Å². The number of hydrogen-bond donors (Lipinski definition) is 0. The molecule has 0 unspecified atom stereocenters. The molecule has 0 spiro atoms. The minimum Gasteiger partial charge on any atom is -0.759 e. The number of unbranched alkanes of at least 4 members (excludes halogenated alkanes) is 9. The molecule has 0 aromatic heterocycles. The van der Waals surface area contributed by atoms with Crippen molar-refractivity contribution < 1.29 is 76.6 Å². The van der Waals surface area contributed by atoms with Crippen molar-refractivity contribution in [2.24, 2.45) is 0 Å². The number of rotatable bonds is 9. The fourth-order valence-electron chi connectivity index (χ4n) is 1.56. The Labute approximate surface area is 177 Å². The summed E-state index contributed by atoms with van der Waals surface area (Å²) in [5, 5.41) is 0. The van der Waals surface area contributed by atoms with Crippen molar-refractivity contribution in [2.45, 2.75) is 91.9 Å². The molecular formula is C14H32Na2O4S. The second-order valence-electron chi connectivity index (χ2n) is 4.24. The van der Waals surface area contributed by atoms with Crippen LogP contribution in [0.3, 0.4) is 0 Å². The molecule has 0 aliphatic rings. The minimum absolute atomic E-state index is 0. The predicted octanol–water partition coefficient (Wildman–Crippen LogP) is -1.38. The minimum atomic E-state index is -5.17. The van der Waals surface area contributed by atoms with E-state index in [9.17, 15) is 0 Å². The Kier molecular flexibility index (Phi) is 48.7. The van der Waals surface area contributed by atoms with Gasteiger partial charge in [-0.2, -0.15) is 0 Å². The summed E-state index contributed by atoms with van der Waals surface area (Å²) in [4.78, 5) is 0. The Hall–Kier alpha value is 1.87. The Bertz CT molecular complexity index is 217. The zero-order valence-corrected chi connectivity index (χ0v) is 19.9. The third kappa shape index (κ3) is 73.1. The second kappa shape index (κ2) is 29.8. The van der Waals surface area contributed by atoms with Crippen molar-refractivity contribution >= 4 is 10.4 Å². The molecule has 0 N–H and O–H groups in total. The first-order valence-electron chi connectivity index (χ1n) is 7.58. The molecule has 4 nitrogen and oxygen atoms in total. The summed E-state index contributed by atoms with van der Waals surface area (Å²) < 4.78 is 34.1. The summed E-state index contributed by atoms with van der Waals surface area (Å²) in [6.45, 7) is 8.56. The first kappa shape index (κ1) is 34.3. The molecule has 0 aromatic rings. The Morgan fingerprint density at radius 2 is 0.762 bits per heavy atom. The molecule has 0 amide bonds. The van der Waals surface area contributed by atoms with Gasteiger partial charge in [0, 0.05) is 10.4 Å². The van der Waals surface area contributed by atoms with E-state index >= 15 is 0 Å². The van der Waals surface area contributed by atoms with Gasteiger partial charge in [-0.1, -0.05) is 91.9 Å². The maximum Gasteiger partial charge on any atom is 1.00 e. The molecule has 0 saturated carbocycles. The third-order valence-electron chi connectivity index (χ3n) is 2.46. The van der Waals surface area contributed by atoms with Crippen LogP contribution in [0.25, 0.3) is 0 Å². The fraction of sp³-hybridized carbons (Fsp3) is 1.00. The molecule has 7 heteroatoms. The SMILES string of the molecule is CC.CCCCCCCCCCCC.O=S(=O)([O-])[O-].[Na+].[Na+]. The average Bonchev–Trinajstić information content (AvgIpc) is 2.33. The molecule has 0 saturated heterocycles. The standard InChI is InChI=1S/C12H26.C2H6.2Na.H2O4S/c1-3-5-7-9-11-12-10-8-6-4-2;1-2;;;1-5(2,3)4/h3-12H2,1-2H3;1-2H3;;;(H2,1,2,3,4)/q;;2*+1;/p-2. The predicted molar refractivity (Wildman–Crippen MR) is 79.3 cm³/mol. The van der Waals surface area contributed by atoms with Crippen LogP contribution in [0.1, 0.15) is 91.9 Å². The summed E-state index contributed by atoms with van der Waals surface area (Å²) in [7, 11) is -5.17. The van der Waals surface area contributed by atoms with E-state index in [-0.39, 0.29) is 59.1 Å². The summed E-state index contributed by atoms with van der Waals surface area (Å²) in [5.74, 6) is 0. The van der Waals surface area contributed by atoms with E-state index in [1.54, 1.807) is 0 Å². The van der Waals surface area contributed by atoms with Gasteiger partial charge in [0.2, 0.25) is 0 Å². The Morgan fingerprint density at radius 3 is 0.905 bits per heavy atom. The molecule has 120 valence electrons. The van der Waals surface area contributed by atoms with Gasteiger partial charge in [0.25, 0.3) is 0 Å². The van der Waals surface area contributed by atoms with E-state index in [4.69, 9.17) is 17.5 Å². The molecule has 0 atom stereocenters. The summed E-state index contributed by atoms with van der Waals surface area (Å²) >= 11 is 0. The maximum atomic E-state index is 8.52. The molecule has 0 heterocycles. The summed E-state index contributed by atoms with van der Waals surface area (Å²) in [6, 6.07) is 0. The summed E-state index contributed by atoms with van der Waals surface area (Å²) in [6.07, 6.45) is 14.4. The Morgan fingerprint density at radius 1 is 0.619 bits per heavy atom. The zero-order valence-electron chi connectivity index (χ0n) is 15.1. The topological polar surface area (TPSA) is 80.3 Å². The quantitative estimate of drug-likeness (QED) is 0.224. The van der Waals surface area contributed by atoms with Gasteiger partial charge < -0.3 is 9.11 Å². The van der Waals surface area contributed by atoms with E-state index in [1.807, 2.05) is 13.8 Å². The van der Waals surface area contributed by atoms with Crippen molar-refractivity contribution in [3.05, 3.63) is 0 Å². The number of hydrogen-bond acceptors (Lipinski definition) is 4. The van der Waals surface area contributed by atoms with Crippen molar-refractivity contribution in [1.29, 1.82) is 0 Å². The average molecular weight is 342 g/mol. The van der Waals surface area contributed by atoms with Gasteiger partial charge in [-0.05, 0) is 0 Å². The van der Waals surface area contributed by atoms with Gasteiger partial charge in [-0.3, -0.25) is 8.42 Å². The third-order valence-corrected chi connectivity index (χ3v) is 2.46. The van der Waals surface area contributed by atoms with Crippen molar-refractivity contribution in [2.75, 3.05) is 0 Å². The molecule has 0 radical (unpaired) electrons. The largest absolute Gasteiger partial charge is 1.00 e. The molecular weight excluding hydrogens is 310 g/mol. The van der Waals surface area contributed by atoms with Gasteiger partial charge in [0.15, 0.2) is 0 Å². The van der Waals surface area contributed by atoms with Crippen LogP contribution in [0.15, 0.2) is 0 Å². The van der Waals surface area contributed by atoms with Crippen molar-refractivity contribution in [1.82, 2.24) is 0 Å². The van der Waals surface area contributed by atoms with Crippen LogP contribution in [0.4, 0.5) is 0 Å². The van der Waals surface area contributed by atoms with Gasteiger partial charge >= 0.3 is 59.1 Å². The van der Waals surface area contributed by atoms with Crippen LogP contribution in [-0.2, 0) is 10.4 Å². The van der Waals surface area contributed by atoms with Crippen LogP contribution in [0.5, 0.6) is 0 Å². The second-order valence-corrected chi connectivity index (χ2v) is 5.05. The Balaban J connectivity index is -0.0000000813. The first-order chi connectivity index (χ1) is 8.91. The van der Waals surface area contributed by atoms with Crippen LogP contribution < -0.4 is 59.1 Å². The van der Waals surface area contributed by atoms with E-state index in [0.717, 1.165) is 0 Å². The molecule has 0 bridgehead atoms. The van der Waals surface area contributed by atoms with Crippen molar-refractivity contribution in [3.63, 3.8) is 0 Å². The zero-order chi connectivity index (χ0) is 15.6. The molecule has 0 rings (SSSR count). The molecule has 0 aromatic carbocycles. The smallest absolute Gasteiger partial charge is 0.759 e. The maximum absolute atomic E-state index is 8.52. The monoisotopic (exact) mass is 342 g/mol. The van der Waals surface area contributed by atoms with Crippen LogP contribution in [-0.4, -0.2) is 17.5 Å². The van der Waals surface area contributed by atoms with Gasteiger partial charge in [0.05, 0.1) is 0 Å². The van der Waals surface area contributed by atoms with Crippen LogP contribution in [0.2, 0.25) is 0 Å².